The van der Waals surface area contributed by atoms with Crippen molar-refractivity contribution in [2.75, 3.05) is 7.05 Å². The molecule has 1 aromatic carbocycles. The maximum Gasteiger partial charge on any atom is 0.262 e. The minimum atomic E-state index is -0.253. The van der Waals surface area contributed by atoms with E-state index in [-0.39, 0.29) is 17.4 Å². The lowest BCUT2D eigenvalue weighted by Gasteiger charge is -2.24. The van der Waals surface area contributed by atoms with Crippen molar-refractivity contribution in [1.82, 2.24) is 24.6 Å². The van der Waals surface area contributed by atoms with Crippen LogP contribution in [0.1, 0.15) is 24.4 Å². The van der Waals surface area contributed by atoms with E-state index in [0.717, 1.165) is 5.56 Å². The summed E-state index contributed by atoms with van der Waals surface area (Å²) >= 11 is 0. The monoisotopic (exact) mass is 315 g/mol. The molecule has 0 spiro atoms. The molecule has 3 aromatic rings. The second-order valence-electron chi connectivity index (χ2n) is 5.66. The van der Waals surface area contributed by atoms with Crippen LogP contribution >= 0.6 is 0 Å². The molecule has 1 N–H and O–H groups in total. The van der Waals surface area contributed by atoms with Gasteiger partial charge in [0, 0.05) is 13.1 Å². The molecule has 23 heavy (non-hydrogen) atoms. The summed E-state index contributed by atoms with van der Waals surface area (Å²) in [6, 6.07) is 6.47. The number of benzene rings is 1. The van der Waals surface area contributed by atoms with Crippen LogP contribution in [0.15, 0.2) is 35.3 Å². The minimum absolute atomic E-state index is 0.0585. The molecule has 2 heterocycles. The van der Waals surface area contributed by atoms with Gasteiger partial charge in [-0.3, -0.25) is 14.4 Å². The van der Waals surface area contributed by atoms with Gasteiger partial charge in [0.05, 0.1) is 12.7 Å². The molecule has 1 unspecified atom stereocenters. The van der Waals surface area contributed by atoms with E-state index in [2.05, 4.69) is 15.1 Å². The Bertz CT molecular complexity index is 884. The van der Waals surface area contributed by atoms with Gasteiger partial charge in [0.25, 0.3) is 5.56 Å². The van der Waals surface area contributed by atoms with Crippen LogP contribution < -0.4 is 5.56 Å². The molecule has 1 atom stereocenters. The average molecular weight is 315 g/mol. The van der Waals surface area contributed by atoms with Crippen LogP contribution in [0.25, 0.3) is 11.0 Å². The Morgan fingerprint density at radius 1 is 1.35 bits per heavy atom. The first-order chi connectivity index (χ1) is 11.0. The van der Waals surface area contributed by atoms with E-state index in [1.165, 1.54) is 18.3 Å². The highest BCUT2D eigenvalue weighted by molar-refractivity contribution is 5.72. The Kier molecular flexibility index (Phi) is 3.96. The van der Waals surface area contributed by atoms with Crippen LogP contribution in [0, 0.1) is 5.82 Å². The maximum absolute atomic E-state index is 13.0. The van der Waals surface area contributed by atoms with Gasteiger partial charge in [0.15, 0.2) is 5.65 Å². The van der Waals surface area contributed by atoms with Crippen molar-refractivity contribution < 1.29 is 4.39 Å². The highest BCUT2D eigenvalue weighted by atomic mass is 19.1. The number of aromatic nitrogens is 4. The van der Waals surface area contributed by atoms with Crippen molar-refractivity contribution in [3.8, 4) is 0 Å². The van der Waals surface area contributed by atoms with Crippen LogP contribution in [-0.4, -0.2) is 31.7 Å². The molecule has 0 aliphatic rings. The molecule has 7 heteroatoms. The molecular weight excluding hydrogens is 297 g/mol. The highest BCUT2D eigenvalue weighted by Crippen LogP contribution is 2.20. The SMILES string of the molecule is CC(c1ccc(F)cc1)N(C)Cc1nc2c(cnn2C)c(=O)[nH]1. The van der Waals surface area contributed by atoms with E-state index in [1.807, 2.05) is 18.9 Å². The number of aryl methyl sites for hydroxylation is 1. The lowest BCUT2D eigenvalue weighted by atomic mass is 10.1. The number of fused-ring (bicyclic) bond motifs is 1. The van der Waals surface area contributed by atoms with Crippen LogP contribution in [0.4, 0.5) is 4.39 Å². The first-order valence-electron chi connectivity index (χ1n) is 7.32. The molecule has 0 aliphatic carbocycles. The molecular formula is C16H18FN5O. The molecule has 0 saturated carbocycles. The van der Waals surface area contributed by atoms with Gasteiger partial charge in [-0.25, -0.2) is 9.37 Å². The van der Waals surface area contributed by atoms with E-state index in [9.17, 15) is 9.18 Å². The van der Waals surface area contributed by atoms with E-state index < -0.39 is 0 Å². The molecule has 0 saturated heterocycles. The van der Waals surface area contributed by atoms with Gasteiger partial charge in [0.2, 0.25) is 0 Å². The van der Waals surface area contributed by atoms with Crippen molar-refractivity contribution in [3.63, 3.8) is 0 Å². The predicted molar refractivity (Wildman–Crippen MR) is 85.4 cm³/mol. The van der Waals surface area contributed by atoms with Gasteiger partial charge < -0.3 is 4.98 Å². The smallest absolute Gasteiger partial charge is 0.262 e. The van der Waals surface area contributed by atoms with E-state index >= 15 is 0 Å². The second kappa shape index (κ2) is 5.92. The molecule has 0 fully saturated rings. The van der Waals surface area contributed by atoms with Gasteiger partial charge in [-0.2, -0.15) is 5.10 Å². The number of H-pyrrole nitrogens is 1. The molecule has 2 aromatic heterocycles. The number of halogens is 1. The molecule has 3 rings (SSSR count). The summed E-state index contributed by atoms with van der Waals surface area (Å²) in [5.74, 6) is 0.318. The molecule has 0 aliphatic heterocycles. The van der Waals surface area contributed by atoms with Crippen LogP contribution in [0.2, 0.25) is 0 Å². The van der Waals surface area contributed by atoms with Crippen molar-refractivity contribution in [2.24, 2.45) is 7.05 Å². The van der Waals surface area contributed by atoms with Crippen LogP contribution in [0.3, 0.4) is 0 Å². The topological polar surface area (TPSA) is 66.8 Å². The highest BCUT2D eigenvalue weighted by Gasteiger charge is 2.15. The molecule has 0 bridgehead atoms. The number of hydrogen-bond acceptors (Lipinski definition) is 4. The van der Waals surface area contributed by atoms with Gasteiger partial charge in [0.1, 0.15) is 17.0 Å². The summed E-state index contributed by atoms with van der Waals surface area (Å²) in [6.07, 6.45) is 1.51. The van der Waals surface area contributed by atoms with Crippen molar-refractivity contribution in [3.05, 3.63) is 58.0 Å². The zero-order valence-corrected chi connectivity index (χ0v) is 13.2. The Hall–Kier alpha value is -2.54. The maximum atomic E-state index is 13.0. The fraction of sp³-hybridized carbons (Fsp3) is 0.312. The fourth-order valence-electron chi connectivity index (χ4n) is 2.52. The first-order valence-corrected chi connectivity index (χ1v) is 7.32. The summed E-state index contributed by atoms with van der Waals surface area (Å²) in [7, 11) is 3.69. The summed E-state index contributed by atoms with van der Waals surface area (Å²) in [4.78, 5) is 21.4. The van der Waals surface area contributed by atoms with Crippen molar-refractivity contribution in [2.45, 2.75) is 19.5 Å². The lowest BCUT2D eigenvalue weighted by Crippen LogP contribution is -2.25. The molecule has 120 valence electrons. The number of nitrogens with zero attached hydrogens (tertiary/aromatic N) is 4. The number of nitrogens with one attached hydrogen (secondary N) is 1. The number of aromatic amines is 1. The Morgan fingerprint density at radius 2 is 2.04 bits per heavy atom. The third kappa shape index (κ3) is 3.00. The van der Waals surface area contributed by atoms with E-state index in [1.54, 1.807) is 23.9 Å². The summed E-state index contributed by atoms with van der Waals surface area (Å²) in [5, 5.41) is 4.53. The largest absolute Gasteiger partial charge is 0.309 e. The second-order valence-corrected chi connectivity index (χ2v) is 5.66. The third-order valence-electron chi connectivity index (χ3n) is 4.06. The van der Waals surface area contributed by atoms with Crippen LogP contribution in [0.5, 0.6) is 0 Å². The Labute approximate surface area is 132 Å². The van der Waals surface area contributed by atoms with Gasteiger partial charge in [-0.15, -0.1) is 0 Å². The third-order valence-corrected chi connectivity index (χ3v) is 4.06. The van der Waals surface area contributed by atoms with Gasteiger partial charge >= 0.3 is 0 Å². The minimum Gasteiger partial charge on any atom is -0.309 e. The Morgan fingerprint density at radius 3 is 2.74 bits per heavy atom. The van der Waals surface area contributed by atoms with E-state index in [4.69, 9.17) is 0 Å². The normalized spacial score (nSPS) is 12.9. The molecule has 0 amide bonds. The zero-order chi connectivity index (χ0) is 16.6. The number of rotatable bonds is 4. The van der Waals surface area contributed by atoms with Gasteiger partial charge in [-0.05, 0) is 31.7 Å². The summed E-state index contributed by atoms with van der Waals surface area (Å²) < 4.78 is 14.6. The van der Waals surface area contributed by atoms with Crippen molar-refractivity contribution >= 4 is 11.0 Å². The van der Waals surface area contributed by atoms with Gasteiger partial charge in [-0.1, -0.05) is 12.1 Å². The van der Waals surface area contributed by atoms with E-state index in [0.29, 0.717) is 23.4 Å². The standard InChI is InChI=1S/C16H18FN5O/c1-10(11-4-6-12(17)7-5-11)21(2)9-14-19-15-13(16(23)20-14)8-18-22(15)3/h4-8,10H,9H2,1-3H3,(H,19,20,23). The predicted octanol–water partition coefficient (Wildman–Crippen LogP) is 1.99. The Balaban J connectivity index is 1.84. The molecule has 6 nitrogen and oxygen atoms in total. The first kappa shape index (κ1) is 15.4. The quantitative estimate of drug-likeness (QED) is 0.799. The number of hydrogen-bond donors (Lipinski definition) is 1. The average Bonchev–Trinajstić information content (AvgIpc) is 2.89. The van der Waals surface area contributed by atoms with Crippen molar-refractivity contribution in [1.29, 1.82) is 0 Å². The zero-order valence-electron chi connectivity index (χ0n) is 13.2. The summed E-state index contributed by atoms with van der Waals surface area (Å²) in [6.45, 7) is 2.49. The fourth-order valence-corrected chi connectivity index (χ4v) is 2.52. The lowest BCUT2D eigenvalue weighted by molar-refractivity contribution is 0.247. The molecule has 0 radical (unpaired) electrons. The summed E-state index contributed by atoms with van der Waals surface area (Å²) in [5.41, 5.74) is 1.37. The van der Waals surface area contributed by atoms with Crippen LogP contribution in [-0.2, 0) is 13.6 Å².